The highest BCUT2D eigenvalue weighted by molar-refractivity contribution is 6.10. The summed E-state index contributed by atoms with van der Waals surface area (Å²) in [6.45, 7) is 1.91. The molecule has 0 unspecified atom stereocenters. The predicted octanol–water partition coefficient (Wildman–Crippen LogP) is 19.6. The molecule has 25 rings (SSSR count). The Kier molecular flexibility index (Phi) is 24.7. The molecule has 718 valence electrons. The second-order valence-electron chi connectivity index (χ2n) is 33.9. The molecular weight excluding hydrogens is 1890 g/mol. The molecule has 30 nitrogen and oxygen atoms in total. The van der Waals surface area contributed by atoms with Gasteiger partial charge in [0.1, 0.15) is 23.3 Å². The van der Waals surface area contributed by atoms with Crippen LogP contribution in [-0.2, 0) is 6.18 Å². The van der Waals surface area contributed by atoms with E-state index in [4.69, 9.17) is 28.7 Å². The molecule has 25 aromatic rings. The molecule has 148 heavy (non-hydrogen) atoms. The number of rotatable bonds is 10. The number of aromatic nitrogens is 20. The van der Waals surface area contributed by atoms with E-state index in [9.17, 15) is 50.3 Å². The third-order valence-corrected chi connectivity index (χ3v) is 24.6. The topological polar surface area (TPSA) is 433 Å². The normalized spacial score (nSPS) is 11.3. The van der Waals surface area contributed by atoms with Crippen LogP contribution in [0.1, 0.15) is 11.3 Å². The molecule has 18 heterocycles. The van der Waals surface area contributed by atoms with Gasteiger partial charge in [-0.15, -0.1) is 0 Å². The number of alkyl halides is 3. The monoisotopic (exact) mass is 1960 g/mol. The van der Waals surface area contributed by atoms with Crippen LogP contribution in [0.2, 0.25) is 0 Å². The quantitative estimate of drug-likeness (QED) is 0.0482. The van der Waals surface area contributed by atoms with Gasteiger partial charge in [0.2, 0.25) is 23.8 Å². The third-order valence-electron chi connectivity index (χ3n) is 24.6. The van der Waals surface area contributed by atoms with E-state index in [0.29, 0.717) is 78.6 Å². The average molecular weight is 1960 g/mol. The number of nitrogens with zero attached hydrogens (tertiary/aromatic N) is 20. The minimum absolute atomic E-state index is 0.127. The summed E-state index contributed by atoms with van der Waals surface area (Å²) in [5.41, 5.74) is 45.0. The van der Waals surface area contributed by atoms with E-state index in [2.05, 4.69) is 74.8 Å². The predicted molar refractivity (Wildman–Crippen MR) is 561 cm³/mol. The molecule has 0 saturated heterocycles. The van der Waals surface area contributed by atoms with Gasteiger partial charge < -0.3 is 28.7 Å². The van der Waals surface area contributed by atoms with Crippen LogP contribution in [-0.4, -0.2) is 97.6 Å². The Morgan fingerprint density at radius 1 is 0.230 bits per heavy atom. The first-order valence-corrected chi connectivity index (χ1v) is 45.4. The van der Waals surface area contributed by atoms with Crippen molar-refractivity contribution in [2.75, 3.05) is 28.7 Å². The Morgan fingerprint density at radius 2 is 0.507 bits per heavy atom. The number of anilines is 5. The lowest BCUT2D eigenvalue weighted by Gasteiger charge is -2.15. The molecule has 0 aliphatic carbocycles. The van der Waals surface area contributed by atoms with Gasteiger partial charge in [-0.3, -0.25) is 76.7 Å². The number of benzene rings is 7. The first-order chi connectivity index (χ1) is 71.7. The maximum Gasteiger partial charge on any atom is 0.416 e. The Morgan fingerprint density at radius 3 is 0.791 bits per heavy atom. The third kappa shape index (κ3) is 18.9. The molecule has 36 heteroatoms. The lowest BCUT2D eigenvalue weighted by atomic mass is 10.0. The van der Waals surface area contributed by atoms with Crippen molar-refractivity contribution in [3.05, 3.63) is 447 Å². The molecule has 7 aromatic carbocycles. The van der Waals surface area contributed by atoms with E-state index in [0.717, 1.165) is 144 Å². The van der Waals surface area contributed by atoms with Crippen LogP contribution in [0.3, 0.4) is 0 Å². The van der Waals surface area contributed by atoms with Crippen molar-refractivity contribution in [3.8, 4) is 84.1 Å². The molecule has 0 fully saturated rings. The minimum Gasteiger partial charge on any atom is -0.384 e. The SMILES string of the molecule is Cc1ccc(-n2c(=O)ccc3cnc4ccc(-c5cnc(N)nc5)cc4c32)cn1.Nc1ccc(-c2ccc3ncc4ccc(=O)n(-c5ccc(F)cc5)c4c3c2)cn1.Nc1ccc(-c2ccc3ncc4ccc(=O)n(-c5ccc(F)nc5)c4c3c2)cn1.Nc1ccc(-c2ccc3ncc4ccc(=O)n(-c5cccc(C(F)(F)F)c5)c4c3c2)cn1.Nc1ncc(-c2ccc3ncc4ccc(=O)n(-c5ccc(F)nc5)c4c3c2)cn1. The van der Waals surface area contributed by atoms with E-state index in [-0.39, 0.29) is 45.6 Å². The molecule has 0 saturated carbocycles. The molecule has 10 N–H and O–H groups in total. The van der Waals surface area contributed by atoms with Gasteiger partial charge in [-0.05, 0) is 241 Å². The van der Waals surface area contributed by atoms with Crippen LogP contribution in [0.15, 0.2) is 390 Å². The summed E-state index contributed by atoms with van der Waals surface area (Å²) in [4.78, 5) is 127. The number of pyridine rings is 16. The lowest BCUT2D eigenvalue weighted by molar-refractivity contribution is -0.137. The van der Waals surface area contributed by atoms with Gasteiger partial charge in [0.15, 0.2) is 0 Å². The molecule has 0 atom stereocenters. The number of hydrogen-bond donors (Lipinski definition) is 5. The number of aryl methyl sites for hydroxylation is 1. The summed E-state index contributed by atoms with van der Waals surface area (Å²) in [6.07, 6.45) is 20.1. The summed E-state index contributed by atoms with van der Waals surface area (Å²) < 4.78 is 87.6. The Labute approximate surface area is 830 Å². The average Bonchev–Trinajstić information content (AvgIpc) is 0.771. The van der Waals surface area contributed by atoms with E-state index in [1.54, 1.807) is 162 Å². The summed E-state index contributed by atoms with van der Waals surface area (Å²) in [5.74, 6) is 0.130. The highest BCUT2D eigenvalue weighted by Gasteiger charge is 2.31. The van der Waals surface area contributed by atoms with Crippen LogP contribution in [0.25, 0.3) is 193 Å². The highest BCUT2D eigenvalue weighted by atomic mass is 19.4. The molecule has 0 aliphatic heterocycles. The highest BCUT2D eigenvalue weighted by Crippen LogP contribution is 2.39. The van der Waals surface area contributed by atoms with Crippen molar-refractivity contribution >= 4 is 138 Å². The summed E-state index contributed by atoms with van der Waals surface area (Å²) >= 11 is 0. The maximum absolute atomic E-state index is 13.4. The second kappa shape index (κ2) is 39.1. The van der Waals surface area contributed by atoms with Gasteiger partial charge in [0, 0.05) is 203 Å². The number of hydrogen-bond acceptors (Lipinski definition) is 25. The standard InChI is InChI=1S/C24H15F3N4O.C23H15FN4O.C22H14FN5O.C22H16N6O.C21H13FN6O/c25-24(26,27)17-2-1-3-18(11-17)31-22(32)9-6-16-13-29-20-7-4-14(10-19(20)23(16)31)15-5-8-21(28)30-12-15;24-17-4-6-18(7-5-17)28-22(29)10-3-16-13-26-20-8-1-14(11-19(20)23(16)28)15-2-9-21(25)27-12-15;23-19-6-4-16(12-26-19)28-21(29)8-3-15-11-25-18-5-1-13(9-17(18)22(15)28)14-2-7-20(24)27-10-14;1-13-2-5-17(12-24-13)28-20(29)7-4-15-9-25-19-6-3-14(8-18(19)21(15)28)16-10-26-22(23)27-11-16;22-18-5-3-15(11-25-18)28-19(29)6-2-13-8-24-17-4-1-12(7-16(17)20(13)28)14-9-26-21(23)27-10-14/h1-13H,(H2,28,30);1-13H,(H2,25,27);1-12H,(H2,24,27);2-12H,1H3,(H2,23,26,27);1-11H,(H2,23,26,27). The molecule has 0 amide bonds. The van der Waals surface area contributed by atoms with Crippen LogP contribution in [0.5, 0.6) is 0 Å². The summed E-state index contributed by atoms with van der Waals surface area (Å²) in [5, 5.41) is 7.72. The molecule has 0 aliphatic rings. The van der Waals surface area contributed by atoms with Crippen molar-refractivity contribution in [2.24, 2.45) is 0 Å². The number of nitrogen functional groups attached to an aromatic ring is 5. The van der Waals surface area contributed by atoms with Crippen LogP contribution >= 0.6 is 0 Å². The zero-order valence-corrected chi connectivity index (χ0v) is 77.3. The first-order valence-electron chi connectivity index (χ1n) is 45.4. The number of halogens is 6. The van der Waals surface area contributed by atoms with Crippen molar-refractivity contribution < 1.29 is 26.3 Å². The van der Waals surface area contributed by atoms with Gasteiger partial charge in [-0.1, -0.05) is 36.4 Å². The Bertz CT molecular complexity index is 8980. The number of nitrogens with two attached hydrogens (primary N) is 5. The molecule has 0 radical (unpaired) electrons. The lowest BCUT2D eigenvalue weighted by Crippen LogP contribution is -2.18. The number of fused-ring (bicyclic) bond motifs is 15. The maximum atomic E-state index is 13.4. The van der Waals surface area contributed by atoms with Gasteiger partial charge in [0.25, 0.3) is 27.8 Å². The Balaban J connectivity index is 0.000000108. The fraction of sp³-hybridized carbons (Fsp3) is 0.0179. The van der Waals surface area contributed by atoms with Gasteiger partial charge in [-0.25, -0.2) is 49.2 Å². The smallest absolute Gasteiger partial charge is 0.384 e. The largest absolute Gasteiger partial charge is 0.416 e. The van der Waals surface area contributed by atoms with Crippen LogP contribution < -0.4 is 56.5 Å². The van der Waals surface area contributed by atoms with E-state index in [1.165, 1.54) is 98.9 Å². The minimum atomic E-state index is -4.52. The van der Waals surface area contributed by atoms with Gasteiger partial charge >= 0.3 is 6.18 Å². The summed E-state index contributed by atoms with van der Waals surface area (Å²) in [6, 6.07) is 75.3. The molecule has 0 spiro atoms. The molecular formula is C112H73F6N25O5. The van der Waals surface area contributed by atoms with Crippen molar-refractivity contribution in [1.29, 1.82) is 0 Å². The first kappa shape index (κ1) is 93.6. The van der Waals surface area contributed by atoms with Gasteiger partial charge in [-0.2, -0.15) is 22.0 Å². The summed E-state index contributed by atoms with van der Waals surface area (Å²) in [7, 11) is 0. The zero-order chi connectivity index (χ0) is 102. The van der Waals surface area contributed by atoms with Crippen LogP contribution in [0, 0.1) is 24.6 Å². The molecule has 0 bridgehead atoms. The van der Waals surface area contributed by atoms with E-state index in [1.807, 2.05) is 122 Å². The van der Waals surface area contributed by atoms with E-state index < -0.39 is 29.2 Å². The zero-order valence-electron chi connectivity index (χ0n) is 77.3. The van der Waals surface area contributed by atoms with Crippen molar-refractivity contribution in [3.63, 3.8) is 0 Å². The van der Waals surface area contributed by atoms with Crippen molar-refractivity contribution in [1.82, 2.24) is 97.6 Å². The Hall–Kier alpha value is -20.7. The second-order valence-corrected chi connectivity index (χ2v) is 33.9. The van der Waals surface area contributed by atoms with E-state index >= 15 is 0 Å². The fourth-order valence-electron chi connectivity index (χ4n) is 17.4. The van der Waals surface area contributed by atoms with Gasteiger partial charge in [0.05, 0.1) is 96.4 Å². The van der Waals surface area contributed by atoms with Crippen LogP contribution in [0.4, 0.5) is 55.7 Å². The van der Waals surface area contributed by atoms with Crippen molar-refractivity contribution in [2.45, 2.75) is 13.1 Å². The molecule has 18 aromatic heterocycles. The fourth-order valence-corrected chi connectivity index (χ4v) is 17.4.